The topological polar surface area (TPSA) is 22.2 Å². The second kappa shape index (κ2) is 9.11. The molecule has 35 heavy (non-hydrogen) atoms. The molecule has 0 bridgehead atoms. The Balaban J connectivity index is 1.63. The first-order chi connectivity index (χ1) is 17.3. The molecule has 0 unspecified atom stereocenters. The van der Waals surface area contributed by atoms with Crippen molar-refractivity contribution in [1.82, 2.24) is 14.0 Å². The first-order valence-electron chi connectivity index (χ1n) is 12.2. The quantitative estimate of drug-likeness (QED) is 0.253. The maximum atomic E-state index is 5.26. The first-order valence-corrected chi connectivity index (χ1v) is 12.2. The van der Waals surface area contributed by atoms with Crippen LogP contribution < -0.4 is 0 Å². The third kappa shape index (κ3) is 3.95. The predicted octanol–water partition coefficient (Wildman–Crippen LogP) is 7.75. The molecule has 6 rings (SSSR count). The Morgan fingerprint density at radius 1 is 0.600 bits per heavy atom. The lowest BCUT2D eigenvalue weighted by atomic mass is 10.0. The zero-order chi connectivity index (χ0) is 23.6. The van der Waals surface area contributed by atoms with Gasteiger partial charge in [0.05, 0.1) is 23.6 Å². The van der Waals surface area contributed by atoms with Crippen molar-refractivity contribution >= 4 is 5.78 Å². The average molecular weight is 454 g/mol. The molecule has 0 aliphatic heterocycles. The van der Waals surface area contributed by atoms with Crippen LogP contribution in [0.4, 0.5) is 0 Å². The molecule has 0 radical (unpaired) electrons. The van der Waals surface area contributed by atoms with Crippen molar-refractivity contribution in [2.75, 3.05) is 0 Å². The summed E-state index contributed by atoms with van der Waals surface area (Å²) in [4.78, 5) is 5.26. The molecule has 2 aromatic heterocycles. The number of aryl methyl sites for hydroxylation is 1. The van der Waals surface area contributed by atoms with Gasteiger partial charge in [0.1, 0.15) is 0 Å². The molecule has 6 aromatic rings. The molecule has 0 fully saturated rings. The van der Waals surface area contributed by atoms with E-state index in [0.717, 1.165) is 47.0 Å². The summed E-state index contributed by atoms with van der Waals surface area (Å²) in [5.74, 6) is 0.945. The van der Waals surface area contributed by atoms with Crippen LogP contribution in [-0.2, 0) is 13.0 Å². The molecule has 3 heteroatoms. The van der Waals surface area contributed by atoms with E-state index in [2.05, 4.69) is 137 Å². The van der Waals surface area contributed by atoms with Crippen LogP contribution in [0.15, 0.2) is 121 Å². The van der Waals surface area contributed by atoms with Crippen LogP contribution in [0.25, 0.3) is 39.5 Å². The Kier molecular flexibility index (Phi) is 5.51. The number of imidazole rings is 2. The van der Waals surface area contributed by atoms with Crippen LogP contribution >= 0.6 is 0 Å². The van der Waals surface area contributed by atoms with Gasteiger partial charge in [-0.3, -0.25) is 4.40 Å². The first kappa shape index (κ1) is 21.2. The van der Waals surface area contributed by atoms with Crippen LogP contribution in [0.5, 0.6) is 0 Å². The number of benzene rings is 4. The van der Waals surface area contributed by atoms with Crippen molar-refractivity contribution < 1.29 is 0 Å². The van der Waals surface area contributed by atoms with Gasteiger partial charge >= 0.3 is 0 Å². The molecule has 0 amide bonds. The molecule has 2 heterocycles. The van der Waals surface area contributed by atoms with Crippen LogP contribution in [0, 0.1) is 0 Å². The number of hydrogen-bond acceptors (Lipinski definition) is 1. The number of rotatable bonds is 6. The van der Waals surface area contributed by atoms with Crippen molar-refractivity contribution in [2.24, 2.45) is 0 Å². The highest BCUT2D eigenvalue weighted by Gasteiger charge is 2.21. The highest BCUT2D eigenvalue weighted by molar-refractivity contribution is 5.82. The third-order valence-electron chi connectivity index (χ3n) is 6.61. The lowest BCUT2D eigenvalue weighted by Gasteiger charge is -2.10. The van der Waals surface area contributed by atoms with Crippen molar-refractivity contribution in [1.29, 1.82) is 0 Å². The summed E-state index contributed by atoms with van der Waals surface area (Å²) in [5.41, 5.74) is 9.35. The number of hydrogen-bond donors (Lipinski definition) is 0. The minimum Gasteiger partial charge on any atom is -0.305 e. The van der Waals surface area contributed by atoms with E-state index >= 15 is 0 Å². The van der Waals surface area contributed by atoms with Gasteiger partial charge in [-0.2, -0.15) is 0 Å². The van der Waals surface area contributed by atoms with E-state index in [4.69, 9.17) is 4.98 Å². The summed E-state index contributed by atoms with van der Waals surface area (Å²) in [6, 6.07) is 40.6. The summed E-state index contributed by atoms with van der Waals surface area (Å²) in [6.45, 7) is 2.94. The zero-order valence-electron chi connectivity index (χ0n) is 19.8. The third-order valence-corrected chi connectivity index (χ3v) is 6.61. The van der Waals surface area contributed by atoms with E-state index in [1.807, 2.05) is 0 Å². The summed E-state index contributed by atoms with van der Waals surface area (Å²) < 4.78 is 4.61. The van der Waals surface area contributed by atoms with E-state index in [-0.39, 0.29) is 0 Å². The fourth-order valence-corrected chi connectivity index (χ4v) is 4.77. The van der Waals surface area contributed by atoms with E-state index in [1.54, 1.807) is 0 Å². The molecule has 0 atom stereocenters. The molecule has 0 N–H and O–H groups in total. The fourth-order valence-electron chi connectivity index (χ4n) is 4.77. The minimum atomic E-state index is 0.752. The standard InChI is InChI=1S/C32H27N3/c1-2-24-18-20-26(21-19-24)29-23-35-31(28-16-10-5-11-17-28)30(27-14-8-4-9-15-27)33-32(35)34(29)22-25-12-6-3-7-13-25/h3-21,23H,2,22H2,1H3. The van der Waals surface area contributed by atoms with Gasteiger partial charge in [0, 0.05) is 17.3 Å². The minimum absolute atomic E-state index is 0.752. The van der Waals surface area contributed by atoms with Gasteiger partial charge in [-0.05, 0) is 23.1 Å². The molecule has 0 aliphatic carbocycles. The summed E-state index contributed by atoms with van der Waals surface area (Å²) in [7, 11) is 0. The molecule has 0 saturated heterocycles. The number of nitrogens with zero attached hydrogens (tertiary/aromatic N) is 3. The Morgan fingerprint density at radius 2 is 1.20 bits per heavy atom. The van der Waals surface area contributed by atoms with E-state index in [0.29, 0.717) is 0 Å². The molecule has 0 aliphatic rings. The summed E-state index contributed by atoms with van der Waals surface area (Å²) in [5, 5.41) is 0. The zero-order valence-corrected chi connectivity index (χ0v) is 19.8. The van der Waals surface area contributed by atoms with Crippen molar-refractivity contribution in [2.45, 2.75) is 19.9 Å². The maximum absolute atomic E-state index is 5.26. The number of aromatic nitrogens is 3. The molecule has 0 saturated carbocycles. The van der Waals surface area contributed by atoms with Gasteiger partial charge in [0.2, 0.25) is 5.78 Å². The van der Waals surface area contributed by atoms with E-state index < -0.39 is 0 Å². The van der Waals surface area contributed by atoms with Gasteiger partial charge < -0.3 is 4.57 Å². The van der Waals surface area contributed by atoms with E-state index in [1.165, 1.54) is 16.7 Å². The van der Waals surface area contributed by atoms with Crippen LogP contribution in [0.1, 0.15) is 18.1 Å². The highest BCUT2D eigenvalue weighted by Crippen LogP contribution is 2.36. The van der Waals surface area contributed by atoms with Crippen molar-refractivity contribution in [3.05, 3.63) is 133 Å². The van der Waals surface area contributed by atoms with Crippen molar-refractivity contribution in [3.63, 3.8) is 0 Å². The second-order valence-corrected chi connectivity index (χ2v) is 8.85. The molecule has 170 valence electrons. The lowest BCUT2D eigenvalue weighted by Crippen LogP contribution is -2.02. The van der Waals surface area contributed by atoms with Gasteiger partial charge in [-0.1, -0.05) is 122 Å². The largest absolute Gasteiger partial charge is 0.305 e. The van der Waals surface area contributed by atoms with Crippen LogP contribution in [-0.4, -0.2) is 14.0 Å². The monoisotopic (exact) mass is 453 g/mol. The van der Waals surface area contributed by atoms with E-state index in [9.17, 15) is 0 Å². The Bertz CT molecular complexity index is 1560. The Morgan fingerprint density at radius 3 is 1.83 bits per heavy atom. The Labute approximate surface area is 206 Å². The van der Waals surface area contributed by atoms with Crippen LogP contribution in [0.2, 0.25) is 0 Å². The summed E-state index contributed by atoms with van der Waals surface area (Å²) >= 11 is 0. The molecular formula is C32H27N3. The molecule has 0 spiro atoms. The Hall–Kier alpha value is -4.37. The van der Waals surface area contributed by atoms with Crippen LogP contribution in [0.3, 0.4) is 0 Å². The maximum Gasteiger partial charge on any atom is 0.215 e. The smallest absolute Gasteiger partial charge is 0.215 e. The highest BCUT2D eigenvalue weighted by atomic mass is 15.2. The molecular weight excluding hydrogens is 426 g/mol. The molecule has 4 aromatic carbocycles. The SMILES string of the molecule is CCc1ccc(-c2cn3c(-c4ccccc4)c(-c4ccccc4)nc3n2Cc2ccccc2)cc1. The molecule has 3 nitrogen and oxygen atoms in total. The van der Waals surface area contributed by atoms with Gasteiger partial charge in [0.15, 0.2) is 0 Å². The van der Waals surface area contributed by atoms with Gasteiger partial charge in [-0.15, -0.1) is 0 Å². The second-order valence-electron chi connectivity index (χ2n) is 8.85. The average Bonchev–Trinajstić information content (AvgIpc) is 3.47. The van der Waals surface area contributed by atoms with Gasteiger partial charge in [0.25, 0.3) is 0 Å². The fraction of sp³-hybridized carbons (Fsp3) is 0.0938. The predicted molar refractivity (Wildman–Crippen MR) is 144 cm³/mol. The summed E-state index contributed by atoms with van der Waals surface area (Å²) in [6.07, 6.45) is 3.29. The van der Waals surface area contributed by atoms with Gasteiger partial charge in [-0.25, -0.2) is 4.98 Å². The normalized spacial score (nSPS) is 11.2. The number of fused-ring (bicyclic) bond motifs is 1. The lowest BCUT2D eigenvalue weighted by molar-refractivity contribution is 0.826. The van der Waals surface area contributed by atoms with Crippen molar-refractivity contribution in [3.8, 4) is 33.8 Å².